The summed E-state index contributed by atoms with van der Waals surface area (Å²) in [6.07, 6.45) is 0. The minimum atomic E-state index is -2.84. The van der Waals surface area contributed by atoms with Crippen molar-refractivity contribution in [3.05, 3.63) is 53.6 Å². The first kappa shape index (κ1) is 14.3. The van der Waals surface area contributed by atoms with Crippen LogP contribution >= 0.6 is 0 Å². The predicted molar refractivity (Wildman–Crippen MR) is 81.2 cm³/mol. The normalized spacial score (nSPS) is 11.1. The van der Waals surface area contributed by atoms with Crippen LogP contribution in [0.2, 0.25) is 0 Å². The standard InChI is InChI=1S/C16H15F2N3O/c1-10-6-7-14(22-15(17)18)11(8-10)9-19-16-20-12-4-2-3-5-13(12)21-16/h2-8,15H,9H2,1H3,(H2,19,20,21). The molecule has 114 valence electrons. The maximum absolute atomic E-state index is 12.4. The van der Waals surface area contributed by atoms with E-state index >= 15 is 0 Å². The molecular formula is C16H15F2N3O. The lowest BCUT2D eigenvalue weighted by Gasteiger charge is -2.12. The third-order valence-electron chi connectivity index (χ3n) is 3.27. The van der Waals surface area contributed by atoms with Gasteiger partial charge >= 0.3 is 6.61 Å². The van der Waals surface area contributed by atoms with Gasteiger partial charge in [0.1, 0.15) is 5.75 Å². The van der Waals surface area contributed by atoms with E-state index in [0.717, 1.165) is 16.6 Å². The van der Waals surface area contributed by atoms with Gasteiger partial charge in [0, 0.05) is 12.1 Å². The van der Waals surface area contributed by atoms with Gasteiger partial charge in [-0.05, 0) is 25.1 Å². The van der Waals surface area contributed by atoms with E-state index in [-0.39, 0.29) is 5.75 Å². The first-order valence-corrected chi connectivity index (χ1v) is 6.85. The average Bonchev–Trinajstić information content (AvgIpc) is 2.90. The van der Waals surface area contributed by atoms with Gasteiger partial charge in [-0.1, -0.05) is 29.8 Å². The highest BCUT2D eigenvalue weighted by Crippen LogP contribution is 2.23. The second-order valence-electron chi connectivity index (χ2n) is 4.95. The van der Waals surface area contributed by atoms with Crippen LogP contribution in [0.4, 0.5) is 14.7 Å². The number of rotatable bonds is 5. The van der Waals surface area contributed by atoms with Crippen molar-refractivity contribution in [2.45, 2.75) is 20.1 Å². The number of alkyl halides is 2. The number of aryl methyl sites for hydroxylation is 1. The van der Waals surface area contributed by atoms with Crippen LogP contribution in [-0.4, -0.2) is 16.6 Å². The number of fused-ring (bicyclic) bond motifs is 1. The number of aromatic nitrogens is 2. The van der Waals surface area contributed by atoms with E-state index in [1.54, 1.807) is 12.1 Å². The molecule has 3 rings (SSSR count). The summed E-state index contributed by atoms with van der Waals surface area (Å²) in [5, 5.41) is 3.10. The van der Waals surface area contributed by atoms with Crippen molar-refractivity contribution in [1.29, 1.82) is 0 Å². The summed E-state index contributed by atoms with van der Waals surface area (Å²) < 4.78 is 29.4. The molecule has 6 heteroatoms. The molecule has 0 aliphatic rings. The highest BCUT2D eigenvalue weighted by Gasteiger charge is 2.10. The van der Waals surface area contributed by atoms with Crippen LogP contribution in [0.15, 0.2) is 42.5 Å². The fraction of sp³-hybridized carbons (Fsp3) is 0.188. The van der Waals surface area contributed by atoms with Crippen molar-refractivity contribution in [2.24, 2.45) is 0 Å². The molecule has 1 heterocycles. The molecule has 2 aromatic carbocycles. The second-order valence-corrected chi connectivity index (χ2v) is 4.95. The Labute approximate surface area is 126 Å². The minimum absolute atomic E-state index is 0.171. The van der Waals surface area contributed by atoms with Crippen molar-refractivity contribution < 1.29 is 13.5 Å². The molecule has 1 aromatic heterocycles. The quantitative estimate of drug-likeness (QED) is 0.746. The summed E-state index contributed by atoms with van der Waals surface area (Å²) in [6.45, 7) is -0.604. The molecular weight excluding hydrogens is 288 g/mol. The highest BCUT2D eigenvalue weighted by atomic mass is 19.3. The third-order valence-corrected chi connectivity index (χ3v) is 3.27. The van der Waals surface area contributed by atoms with E-state index in [1.807, 2.05) is 37.3 Å². The number of halogens is 2. The zero-order chi connectivity index (χ0) is 15.5. The lowest BCUT2D eigenvalue weighted by atomic mass is 10.1. The van der Waals surface area contributed by atoms with Crippen LogP contribution in [0.1, 0.15) is 11.1 Å². The molecule has 0 saturated carbocycles. The average molecular weight is 303 g/mol. The monoisotopic (exact) mass is 303 g/mol. The minimum Gasteiger partial charge on any atom is -0.434 e. The van der Waals surface area contributed by atoms with Gasteiger partial charge in [0.05, 0.1) is 11.0 Å². The first-order valence-electron chi connectivity index (χ1n) is 6.85. The Morgan fingerprint density at radius 3 is 2.82 bits per heavy atom. The largest absolute Gasteiger partial charge is 0.434 e. The Balaban J connectivity index is 1.79. The van der Waals surface area contributed by atoms with E-state index < -0.39 is 6.61 Å². The van der Waals surface area contributed by atoms with Gasteiger partial charge in [-0.15, -0.1) is 0 Å². The predicted octanol–water partition coefficient (Wildman–Crippen LogP) is 4.08. The maximum Gasteiger partial charge on any atom is 0.387 e. The molecule has 0 spiro atoms. The number of nitrogens with one attached hydrogen (secondary N) is 2. The molecule has 0 aliphatic heterocycles. The van der Waals surface area contributed by atoms with Crippen molar-refractivity contribution in [3.63, 3.8) is 0 Å². The molecule has 0 bridgehead atoms. The van der Waals surface area contributed by atoms with Crippen molar-refractivity contribution in [1.82, 2.24) is 9.97 Å². The first-order chi connectivity index (χ1) is 10.6. The zero-order valence-corrected chi connectivity index (χ0v) is 11.9. The number of hydrogen-bond acceptors (Lipinski definition) is 3. The van der Waals surface area contributed by atoms with E-state index in [9.17, 15) is 8.78 Å². The lowest BCUT2D eigenvalue weighted by Crippen LogP contribution is -2.08. The van der Waals surface area contributed by atoms with Crippen LogP contribution < -0.4 is 10.1 Å². The van der Waals surface area contributed by atoms with Gasteiger partial charge in [-0.25, -0.2) is 4.98 Å². The molecule has 2 N–H and O–H groups in total. The number of aromatic amines is 1. The topological polar surface area (TPSA) is 49.9 Å². The number of benzene rings is 2. The Morgan fingerprint density at radius 1 is 1.23 bits per heavy atom. The molecule has 0 radical (unpaired) electrons. The summed E-state index contributed by atoms with van der Waals surface area (Å²) in [4.78, 5) is 7.51. The number of H-pyrrole nitrogens is 1. The van der Waals surface area contributed by atoms with Gasteiger partial charge in [-0.2, -0.15) is 8.78 Å². The summed E-state index contributed by atoms with van der Waals surface area (Å²) in [7, 11) is 0. The van der Waals surface area contributed by atoms with Crippen LogP contribution in [0.3, 0.4) is 0 Å². The van der Waals surface area contributed by atoms with Crippen molar-refractivity contribution in [2.75, 3.05) is 5.32 Å². The van der Waals surface area contributed by atoms with Crippen molar-refractivity contribution in [3.8, 4) is 5.75 Å². The number of para-hydroxylation sites is 2. The van der Waals surface area contributed by atoms with Crippen LogP contribution in [0.25, 0.3) is 11.0 Å². The van der Waals surface area contributed by atoms with Crippen LogP contribution in [-0.2, 0) is 6.54 Å². The molecule has 0 atom stereocenters. The van der Waals surface area contributed by atoms with Gasteiger partial charge in [0.25, 0.3) is 0 Å². The fourth-order valence-corrected chi connectivity index (χ4v) is 2.27. The number of ether oxygens (including phenoxy) is 1. The highest BCUT2D eigenvalue weighted by molar-refractivity contribution is 5.77. The van der Waals surface area contributed by atoms with Gasteiger partial charge in [0.15, 0.2) is 0 Å². The fourth-order valence-electron chi connectivity index (χ4n) is 2.27. The van der Waals surface area contributed by atoms with E-state index in [0.29, 0.717) is 18.1 Å². The third kappa shape index (κ3) is 3.16. The summed E-state index contributed by atoms with van der Waals surface area (Å²) in [5.41, 5.74) is 3.39. The smallest absolute Gasteiger partial charge is 0.387 e. The summed E-state index contributed by atoms with van der Waals surface area (Å²) in [6, 6.07) is 12.7. The van der Waals surface area contributed by atoms with E-state index in [1.165, 1.54) is 0 Å². The molecule has 3 aromatic rings. The molecule has 4 nitrogen and oxygen atoms in total. The van der Waals surface area contributed by atoms with Crippen molar-refractivity contribution >= 4 is 17.0 Å². The molecule has 0 fully saturated rings. The van der Waals surface area contributed by atoms with E-state index in [4.69, 9.17) is 0 Å². The van der Waals surface area contributed by atoms with Crippen LogP contribution in [0, 0.1) is 6.92 Å². The molecule has 22 heavy (non-hydrogen) atoms. The molecule has 0 saturated heterocycles. The SMILES string of the molecule is Cc1ccc(OC(F)F)c(CNc2nc3ccccc3[nH]2)c1. The van der Waals surface area contributed by atoms with Crippen LogP contribution in [0.5, 0.6) is 5.75 Å². The Morgan fingerprint density at radius 2 is 2.05 bits per heavy atom. The number of nitrogens with zero attached hydrogens (tertiary/aromatic N) is 1. The Hall–Kier alpha value is -2.63. The van der Waals surface area contributed by atoms with Gasteiger partial charge < -0.3 is 15.0 Å². The van der Waals surface area contributed by atoms with Gasteiger partial charge in [-0.3, -0.25) is 0 Å². The van der Waals surface area contributed by atoms with Gasteiger partial charge in [0.2, 0.25) is 5.95 Å². The molecule has 0 unspecified atom stereocenters. The molecule has 0 amide bonds. The summed E-state index contributed by atoms with van der Waals surface area (Å²) in [5.74, 6) is 0.759. The zero-order valence-electron chi connectivity index (χ0n) is 11.9. The lowest BCUT2D eigenvalue weighted by molar-refractivity contribution is -0.0504. The number of anilines is 1. The second kappa shape index (κ2) is 6.01. The summed E-state index contributed by atoms with van der Waals surface area (Å²) >= 11 is 0. The number of hydrogen-bond donors (Lipinski definition) is 2. The number of imidazole rings is 1. The maximum atomic E-state index is 12.4. The Bertz CT molecular complexity index is 753. The molecule has 0 aliphatic carbocycles. The van der Waals surface area contributed by atoms with E-state index in [2.05, 4.69) is 20.0 Å². The Kier molecular flexibility index (Phi) is 3.91.